The summed E-state index contributed by atoms with van der Waals surface area (Å²) in [5, 5.41) is 3.37. The summed E-state index contributed by atoms with van der Waals surface area (Å²) >= 11 is 0. The minimum Gasteiger partial charge on any atom is -0.337 e. The molecule has 122 valence electrons. The third kappa shape index (κ3) is 4.82. The second-order valence-electron chi connectivity index (χ2n) is 6.32. The molecule has 0 radical (unpaired) electrons. The van der Waals surface area contributed by atoms with E-state index in [0.29, 0.717) is 19.1 Å². The molecule has 2 rings (SSSR count). The number of amides is 1. The van der Waals surface area contributed by atoms with Crippen molar-refractivity contribution < 1.29 is 4.79 Å². The van der Waals surface area contributed by atoms with Crippen molar-refractivity contribution in [2.45, 2.75) is 39.8 Å². The molecule has 0 aliphatic carbocycles. The molecule has 1 aromatic carbocycles. The zero-order valence-electron chi connectivity index (χ0n) is 14.1. The fourth-order valence-electron chi connectivity index (χ4n) is 2.87. The van der Waals surface area contributed by atoms with E-state index >= 15 is 0 Å². The smallest absolute Gasteiger partial charge is 0.237 e. The van der Waals surface area contributed by atoms with Gasteiger partial charge < -0.3 is 10.2 Å². The van der Waals surface area contributed by atoms with Crippen LogP contribution in [-0.2, 0) is 11.3 Å². The molecular weight excluding hydrogens is 274 g/mol. The molecule has 1 aromatic rings. The van der Waals surface area contributed by atoms with Crippen LogP contribution in [0.5, 0.6) is 0 Å². The fraction of sp³-hybridized carbons (Fsp3) is 0.611. The Morgan fingerprint density at radius 1 is 1.36 bits per heavy atom. The second kappa shape index (κ2) is 8.30. The first-order chi connectivity index (χ1) is 10.6. The number of aryl methyl sites for hydroxylation is 1. The lowest BCUT2D eigenvalue weighted by Crippen LogP contribution is -2.53. The van der Waals surface area contributed by atoms with Crippen LogP contribution in [0.15, 0.2) is 24.3 Å². The topological polar surface area (TPSA) is 35.6 Å². The molecular formula is C18H29N3O. The predicted octanol–water partition coefficient (Wildman–Crippen LogP) is 2.03. The van der Waals surface area contributed by atoms with E-state index in [2.05, 4.69) is 55.3 Å². The predicted molar refractivity (Wildman–Crippen MR) is 90.8 cm³/mol. The van der Waals surface area contributed by atoms with E-state index in [1.165, 1.54) is 11.1 Å². The molecule has 1 heterocycles. The Labute approximate surface area is 134 Å². The summed E-state index contributed by atoms with van der Waals surface area (Å²) in [7, 11) is 0. The van der Waals surface area contributed by atoms with Crippen molar-refractivity contribution in [2.75, 3.05) is 32.7 Å². The van der Waals surface area contributed by atoms with Crippen LogP contribution in [0.1, 0.15) is 31.4 Å². The molecule has 1 saturated heterocycles. The number of benzene rings is 1. The third-order valence-corrected chi connectivity index (χ3v) is 4.32. The van der Waals surface area contributed by atoms with Crippen LogP contribution in [0, 0.1) is 6.92 Å². The maximum atomic E-state index is 12.7. The molecule has 0 unspecified atom stereocenters. The molecule has 0 aromatic heterocycles. The van der Waals surface area contributed by atoms with Crippen LogP contribution in [0.4, 0.5) is 0 Å². The van der Waals surface area contributed by atoms with Crippen LogP contribution >= 0.6 is 0 Å². The molecule has 0 spiro atoms. The number of carbonyl (C=O) groups excluding carboxylic acids is 1. The summed E-state index contributed by atoms with van der Waals surface area (Å²) < 4.78 is 0. The van der Waals surface area contributed by atoms with E-state index in [-0.39, 0.29) is 5.91 Å². The van der Waals surface area contributed by atoms with Gasteiger partial charge in [0.25, 0.3) is 0 Å². The monoisotopic (exact) mass is 303 g/mol. The van der Waals surface area contributed by atoms with E-state index < -0.39 is 0 Å². The van der Waals surface area contributed by atoms with Gasteiger partial charge in [-0.2, -0.15) is 0 Å². The third-order valence-electron chi connectivity index (χ3n) is 4.32. The maximum absolute atomic E-state index is 12.7. The van der Waals surface area contributed by atoms with Gasteiger partial charge in [-0.1, -0.05) is 36.8 Å². The van der Waals surface area contributed by atoms with Crippen LogP contribution < -0.4 is 5.32 Å². The number of carbonyl (C=O) groups is 1. The molecule has 1 aliphatic rings. The molecule has 1 amide bonds. The molecule has 0 bridgehead atoms. The summed E-state index contributed by atoms with van der Waals surface area (Å²) in [4.78, 5) is 17.0. The average Bonchev–Trinajstić information content (AvgIpc) is 2.51. The number of rotatable bonds is 6. The molecule has 4 nitrogen and oxygen atoms in total. The minimum atomic E-state index is 0.246. The number of hydrogen-bond acceptors (Lipinski definition) is 3. The van der Waals surface area contributed by atoms with Crippen molar-refractivity contribution in [1.29, 1.82) is 0 Å². The maximum Gasteiger partial charge on any atom is 0.237 e. The largest absolute Gasteiger partial charge is 0.337 e. The van der Waals surface area contributed by atoms with E-state index in [1.54, 1.807) is 0 Å². The highest BCUT2D eigenvalue weighted by Gasteiger charge is 2.23. The van der Waals surface area contributed by atoms with Gasteiger partial charge in [-0.15, -0.1) is 0 Å². The van der Waals surface area contributed by atoms with Crippen molar-refractivity contribution in [1.82, 2.24) is 15.1 Å². The highest BCUT2D eigenvalue weighted by Crippen LogP contribution is 2.10. The number of nitrogens with one attached hydrogen (secondary N) is 1. The standard InChI is InChI=1S/C18H29N3O/c1-4-10-21(13-17-7-5-15(2)6-8-17)18(22)14-20-11-9-19-12-16(20)3/h5-8,16,19H,4,9-14H2,1-3H3/t16-/m1/s1. The molecule has 4 heteroatoms. The van der Waals surface area contributed by atoms with Gasteiger partial charge in [0, 0.05) is 38.8 Å². The number of piperazine rings is 1. The zero-order valence-corrected chi connectivity index (χ0v) is 14.1. The Morgan fingerprint density at radius 2 is 2.09 bits per heavy atom. The van der Waals surface area contributed by atoms with Gasteiger partial charge in [0.2, 0.25) is 5.91 Å². The van der Waals surface area contributed by atoms with Gasteiger partial charge >= 0.3 is 0 Å². The Morgan fingerprint density at radius 3 is 2.73 bits per heavy atom. The second-order valence-corrected chi connectivity index (χ2v) is 6.32. The first-order valence-electron chi connectivity index (χ1n) is 8.38. The number of nitrogens with zero attached hydrogens (tertiary/aromatic N) is 2. The molecule has 1 atom stereocenters. The Kier molecular flexibility index (Phi) is 6.40. The van der Waals surface area contributed by atoms with E-state index in [1.807, 2.05) is 4.90 Å². The summed E-state index contributed by atoms with van der Waals surface area (Å²) in [5.41, 5.74) is 2.47. The lowest BCUT2D eigenvalue weighted by atomic mass is 10.1. The lowest BCUT2D eigenvalue weighted by Gasteiger charge is -2.35. The Hall–Kier alpha value is -1.39. The van der Waals surface area contributed by atoms with Crippen molar-refractivity contribution in [3.63, 3.8) is 0 Å². The average molecular weight is 303 g/mol. The fourth-order valence-corrected chi connectivity index (χ4v) is 2.87. The van der Waals surface area contributed by atoms with Gasteiger partial charge in [0.1, 0.15) is 0 Å². The minimum absolute atomic E-state index is 0.246. The Balaban J connectivity index is 1.96. The summed E-state index contributed by atoms with van der Waals surface area (Å²) in [6.45, 7) is 11.4. The molecule has 1 aliphatic heterocycles. The van der Waals surface area contributed by atoms with Crippen molar-refractivity contribution >= 4 is 5.91 Å². The Bertz CT molecular complexity index is 472. The molecule has 0 saturated carbocycles. The van der Waals surface area contributed by atoms with E-state index in [9.17, 15) is 4.79 Å². The first-order valence-corrected chi connectivity index (χ1v) is 8.38. The quantitative estimate of drug-likeness (QED) is 0.873. The highest BCUT2D eigenvalue weighted by atomic mass is 16.2. The van der Waals surface area contributed by atoms with Gasteiger partial charge in [-0.25, -0.2) is 0 Å². The van der Waals surface area contributed by atoms with E-state index in [0.717, 1.165) is 32.6 Å². The van der Waals surface area contributed by atoms with Gasteiger partial charge in [0.05, 0.1) is 6.54 Å². The first kappa shape index (κ1) is 17.0. The normalized spacial score (nSPS) is 19.1. The van der Waals surface area contributed by atoms with Crippen LogP contribution in [0.3, 0.4) is 0 Å². The van der Waals surface area contributed by atoms with Crippen LogP contribution in [-0.4, -0.2) is 54.5 Å². The lowest BCUT2D eigenvalue weighted by molar-refractivity contribution is -0.133. The van der Waals surface area contributed by atoms with Crippen LogP contribution in [0.25, 0.3) is 0 Å². The van der Waals surface area contributed by atoms with Crippen molar-refractivity contribution in [2.24, 2.45) is 0 Å². The number of hydrogen-bond donors (Lipinski definition) is 1. The van der Waals surface area contributed by atoms with Gasteiger partial charge in [-0.05, 0) is 25.8 Å². The summed E-state index contributed by atoms with van der Waals surface area (Å²) in [6, 6.07) is 8.91. The SMILES string of the molecule is CCCN(Cc1ccc(C)cc1)C(=O)CN1CCNC[C@H]1C. The van der Waals surface area contributed by atoms with Crippen molar-refractivity contribution in [3.8, 4) is 0 Å². The van der Waals surface area contributed by atoms with Gasteiger partial charge in [-0.3, -0.25) is 9.69 Å². The highest BCUT2D eigenvalue weighted by molar-refractivity contribution is 5.78. The molecule has 1 N–H and O–H groups in total. The van der Waals surface area contributed by atoms with Crippen molar-refractivity contribution in [3.05, 3.63) is 35.4 Å². The summed E-state index contributed by atoms with van der Waals surface area (Å²) in [6.07, 6.45) is 0.995. The molecule has 1 fully saturated rings. The van der Waals surface area contributed by atoms with E-state index in [4.69, 9.17) is 0 Å². The summed E-state index contributed by atoms with van der Waals surface area (Å²) in [5.74, 6) is 0.246. The van der Waals surface area contributed by atoms with Crippen LogP contribution in [0.2, 0.25) is 0 Å². The van der Waals surface area contributed by atoms with Gasteiger partial charge in [0.15, 0.2) is 0 Å². The molecule has 22 heavy (non-hydrogen) atoms. The zero-order chi connectivity index (χ0) is 15.9.